The van der Waals surface area contributed by atoms with E-state index in [0.717, 1.165) is 54.7 Å². The number of ketones is 1. The Bertz CT molecular complexity index is 2600. The van der Waals surface area contributed by atoms with Crippen molar-refractivity contribution in [3.05, 3.63) is 24.3 Å². The normalized spacial score (nSPS) is 31.6. The van der Waals surface area contributed by atoms with E-state index in [0.29, 0.717) is 48.2 Å². The molecule has 7 rings (SSSR count). The van der Waals surface area contributed by atoms with Crippen LogP contribution in [0.5, 0.6) is 0 Å². The number of anilines is 1. The summed E-state index contributed by atoms with van der Waals surface area (Å²) in [5.41, 5.74) is 5.86. The summed E-state index contributed by atoms with van der Waals surface area (Å²) in [4.78, 5) is 110. The molecule has 3 saturated carbocycles. The molecule has 4 fully saturated rings. The minimum atomic E-state index is -5.93. The Morgan fingerprint density at radius 3 is 2.45 bits per heavy atom. The van der Waals surface area contributed by atoms with E-state index in [2.05, 4.69) is 64.2 Å². The second kappa shape index (κ2) is 23.1. The number of nitrogens with zero attached hydrogens (tertiary/aromatic N) is 4. The molecule has 1 saturated heterocycles. The Labute approximate surface area is 432 Å². The Kier molecular flexibility index (Phi) is 18.3. The van der Waals surface area contributed by atoms with Gasteiger partial charge < -0.3 is 69.0 Å². The van der Waals surface area contributed by atoms with Gasteiger partial charge in [0.15, 0.2) is 28.6 Å². The second-order valence-corrected chi connectivity index (χ2v) is 26.6. The number of nitrogen functional groups attached to an aromatic ring is 1. The smallest absolute Gasteiger partial charge is 0.274 e. The lowest BCUT2D eigenvalue weighted by Crippen LogP contribution is -2.51. The summed E-state index contributed by atoms with van der Waals surface area (Å²) in [7, 11) is -17.7. The number of rotatable bonds is 23. The van der Waals surface area contributed by atoms with Crippen LogP contribution in [0.1, 0.15) is 111 Å². The van der Waals surface area contributed by atoms with Crippen LogP contribution in [0.2, 0.25) is 0 Å². The number of aromatic nitrogens is 4. The molecule has 3 heterocycles. The van der Waals surface area contributed by atoms with E-state index in [1.165, 1.54) is 45.1 Å². The number of aliphatic hydroxyl groups is 2. The molecule has 6 N–H and O–H groups in total. The first-order valence-electron chi connectivity index (χ1n) is 24.8. The van der Waals surface area contributed by atoms with Gasteiger partial charge in [-0.05, 0) is 97.9 Å². The van der Waals surface area contributed by atoms with E-state index < -0.39 is 84.6 Å². The summed E-state index contributed by atoms with van der Waals surface area (Å²) < 4.78 is 61.1. The molecule has 2 amide bonds. The Morgan fingerprint density at radius 1 is 0.986 bits per heavy atom. The molecule has 2 unspecified atom stereocenters. The fourth-order valence-corrected chi connectivity index (χ4v) is 15.9. The quantitative estimate of drug-likeness (QED) is 0.0781. The van der Waals surface area contributed by atoms with Crippen LogP contribution in [0.4, 0.5) is 5.82 Å². The maximum absolute atomic E-state index is 12.9. The number of ether oxygens (including phenoxy) is 1. The van der Waals surface area contributed by atoms with Crippen LogP contribution in [0, 0.1) is 45.8 Å². The first-order valence-corrected chi connectivity index (χ1v) is 30.1. The molecule has 25 nitrogen and oxygen atoms in total. The van der Waals surface area contributed by atoms with E-state index in [-0.39, 0.29) is 58.2 Å². The zero-order valence-corrected chi connectivity index (χ0v) is 45.4. The van der Waals surface area contributed by atoms with Crippen LogP contribution in [-0.4, -0.2) is 109 Å². The van der Waals surface area contributed by atoms with Crippen molar-refractivity contribution in [2.75, 3.05) is 37.8 Å². The van der Waals surface area contributed by atoms with E-state index in [9.17, 15) is 62.7 Å². The molecule has 2 aromatic heterocycles. The predicted molar refractivity (Wildman–Crippen MR) is 257 cm³/mol. The number of amides is 2. The summed E-state index contributed by atoms with van der Waals surface area (Å²) >= 11 is 1.16. The van der Waals surface area contributed by atoms with E-state index in [4.69, 9.17) is 10.5 Å². The summed E-state index contributed by atoms with van der Waals surface area (Å²) in [5, 5.41) is 26.7. The highest BCUT2D eigenvalue weighted by atomic mass is 32.2. The number of nitrogens with one attached hydrogen (secondary N) is 2. The maximum Gasteiger partial charge on any atom is 0.274 e. The SMILES string of the molecule is C[C@H](CCC(=O)SCCNC(=O)CCNC(=O)[C@H](O)C(C)(C)COP(=O)([O-])OP(=O)([O-])OC[C@H]1O[C@@H](n2cnc3c(N)ncnc32)[C@H](O)[C@@H]1OP(=O)([O-])[O-])[C@H]1CC[C@H]2[C@@H]3CCC4=CC(=O)CC[C@]4(C)[C@H]3CC[C@]12C. The van der Waals surface area contributed by atoms with Gasteiger partial charge >= 0.3 is 0 Å². The number of hydrogen-bond donors (Lipinski definition) is 5. The van der Waals surface area contributed by atoms with Crippen LogP contribution >= 0.6 is 35.2 Å². The van der Waals surface area contributed by atoms with Crippen molar-refractivity contribution in [1.82, 2.24) is 30.2 Å². The van der Waals surface area contributed by atoms with Gasteiger partial charge in [0, 0.05) is 43.5 Å². The van der Waals surface area contributed by atoms with Gasteiger partial charge in [-0.2, -0.15) is 0 Å². The molecule has 29 heteroatoms. The van der Waals surface area contributed by atoms with Crippen molar-refractivity contribution in [3.63, 3.8) is 0 Å². The van der Waals surface area contributed by atoms with E-state index >= 15 is 0 Å². The number of fused-ring (bicyclic) bond motifs is 6. The predicted octanol–water partition coefficient (Wildman–Crippen LogP) is 1.70. The Hall–Kier alpha value is -3.03. The van der Waals surface area contributed by atoms with Crippen LogP contribution in [0.15, 0.2) is 24.3 Å². The van der Waals surface area contributed by atoms with Crippen molar-refractivity contribution in [3.8, 4) is 0 Å². The molecule has 4 aliphatic carbocycles. The molecule has 0 aromatic carbocycles. The van der Waals surface area contributed by atoms with Crippen molar-refractivity contribution >= 4 is 74.9 Å². The van der Waals surface area contributed by atoms with Gasteiger partial charge in [0.25, 0.3) is 15.6 Å². The lowest BCUT2D eigenvalue weighted by molar-refractivity contribution is -0.347. The third-order valence-corrected chi connectivity index (χ3v) is 20.2. The topological polar surface area (TPSA) is 392 Å². The zero-order valence-electron chi connectivity index (χ0n) is 41.9. The number of allylic oxidation sites excluding steroid dienone is 1. The third-order valence-electron chi connectivity index (χ3n) is 16.3. The van der Waals surface area contributed by atoms with Gasteiger partial charge in [-0.15, -0.1) is 0 Å². The Morgan fingerprint density at radius 2 is 1.72 bits per heavy atom. The lowest BCUT2D eigenvalue weighted by atomic mass is 9.46. The molecule has 74 heavy (non-hydrogen) atoms. The maximum atomic E-state index is 12.9. The molecule has 1 aliphatic heterocycles. The summed E-state index contributed by atoms with van der Waals surface area (Å²) in [6.45, 7) is 7.31. The molecule has 5 aliphatic rings. The highest BCUT2D eigenvalue weighted by molar-refractivity contribution is 8.13. The van der Waals surface area contributed by atoms with Crippen molar-refractivity contribution < 1.29 is 85.3 Å². The second-order valence-electron chi connectivity index (χ2n) is 21.4. The largest absolute Gasteiger partial charge is 0.790 e. The number of aliphatic hydroxyl groups excluding tert-OH is 2. The summed E-state index contributed by atoms with van der Waals surface area (Å²) in [6.07, 6.45) is 4.18. The molecular weight excluding hydrogens is 1050 g/mol. The van der Waals surface area contributed by atoms with Crippen LogP contribution < -0.4 is 35.9 Å². The number of nitrogens with two attached hydrogens (primary N) is 1. The van der Waals surface area contributed by atoms with Gasteiger partial charge in [-0.25, -0.2) is 19.3 Å². The molecular formula is C45H66N7O18P3S-4. The van der Waals surface area contributed by atoms with E-state index in [1.54, 1.807) is 0 Å². The minimum Gasteiger partial charge on any atom is -0.790 e. The van der Waals surface area contributed by atoms with Gasteiger partial charge in [0.05, 0.1) is 27.4 Å². The number of imidazole rings is 1. The number of hydrogen-bond acceptors (Lipinski definition) is 23. The van der Waals surface area contributed by atoms with Gasteiger partial charge in [-0.1, -0.05) is 52.0 Å². The van der Waals surface area contributed by atoms with Crippen LogP contribution in [-0.2, 0) is 55.5 Å². The third kappa shape index (κ3) is 13.4. The molecule has 0 radical (unpaired) electrons. The van der Waals surface area contributed by atoms with Gasteiger partial charge in [0.1, 0.15) is 36.3 Å². The highest BCUT2D eigenvalue weighted by Gasteiger charge is 2.59. The van der Waals surface area contributed by atoms with Crippen LogP contribution in [0.3, 0.4) is 0 Å². The number of phosphoric acid groups is 3. The fraction of sp³-hybridized carbons (Fsp3) is 0.756. The highest BCUT2D eigenvalue weighted by Crippen LogP contribution is 2.68. The van der Waals surface area contributed by atoms with Gasteiger partial charge in [-0.3, -0.25) is 32.9 Å². The number of phosphoric ester groups is 3. The average Bonchev–Trinajstić information content (AvgIpc) is 4.00. The molecule has 2 aromatic rings. The standard InChI is InChI=1S/C45H70N7O18P3S/c1-25(29-9-10-30-28-8-7-26-20-27(53)12-15-44(26,4)31(28)13-16-45(29,30)5)6-11-34(55)74-19-18-47-33(54)14-17-48-41(58)38(57)43(2,3)22-67-73(64,65)70-72(62,63)66-21-32-37(69-71(59,60)61)36(56)42(68-32)52-24-51-35-39(46)49-23-50-40(35)52/h20,23-25,28-32,36-38,42,56-57H,6-19,21-22H2,1-5H3,(H,47,54)(H,48,58)(H,62,63)(H,64,65)(H2,46,49,50)(H2,59,60,61)/p-4/t25-,28+,29-,30+,31+,32-,36-,37-,38+,42-,44+,45-/m1/s1. The minimum absolute atomic E-state index is 0.0209. The monoisotopic (exact) mass is 1120 g/mol. The summed E-state index contributed by atoms with van der Waals surface area (Å²) in [6, 6.07) is 0. The van der Waals surface area contributed by atoms with Crippen molar-refractivity contribution in [2.45, 2.75) is 136 Å². The van der Waals surface area contributed by atoms with E-state index in [1.807, 2.05) is 6.08 Å². The van der Waals surface area contributed by atoms with Crippen molar-refractivity contribution in [1.29, 1.82) is 0 Å². The molecule has 414 valence electrons. The molecule has 0 spiro atoms. The zero-order chi connectivity index (χ0) is 54.2. The fourth-order valence-electron chi connectivity index (χ4n) is 12.4. The van der Waals surface area contributed by atoms with Gasteiger partial charge in [0.2, 0.25) is 11.8 Å². The molecule has 0 bridgehead atoms. The average molecular weight is 1120 g/mol. The Balaban J connectivity index is 0.776. The lowest BCUT2D eigenvalue weighted by Gasteiger charge is -2.58. The summed E-state index contributed by atoms with van der Waals surface area (Å²) in [5.74, 6) is 2.05. The number of carbonyl (C=O) groups excluding carboxylic acids is 4. The van der Waals surface area contributed by atoms with Crippen LogP contribution in [0.25, 0.3) is 11.2 Å². The first kappa shape index (κ1) is 58.6. The number of thioether (sulfide) groups is 1. The first-order chi connectivity index (χ1) is 34.5. The number of carbonyl (C=O) groups is 4. The molecule has 14 atom stereocenters. The van der Waals surface area contributed by atoms with Crippen molar-refractivity contribution in [2.24, 2.45) is 45.8 Å².